The second kappa shape index (κ2) is 5.92. The Hall–Kier alpha value is -2.41. The average Bonchev–Trinajstić information content (AvgIpc) is 3.11. The molecular formula is C14H16N4O3. The number of carbonyl (C=O) groups excluding carboxylic acids is 1. The lowest BCUT2D eigenvalue weighted by Crippen LogP contribution is -2.17. The van der Waals surface area contributed by atoms with Crippen LogP contribution in [0.1, 0.15) is 16.8 Å². The molecule has 0 aliphatic carbocycles. The molecule has 1 atom stereocenters. The molecule has 0 radical (unpaired) electrons. The summed E-state index contributed by atoms with van der Waals surface area (Å²) in [5.41, 5.74) is 1.13. The normalized spacial score (nSPS) is 17.7. The number of anilines is 1. The van der Waals surface area contributed by atoms with Gasteiger partial charge < -0.3 is 14.8 Å². The minimum Gasteiger partial charge on any atom is -0.472 e. The number of hydrogen-bond donors (Lipinski definition) is 1. The van der Waals surface area contributed by atoms with Crippen molar-refractivity contribution >= 4 is 11.6 Å². The Balaban J connectivity index is 1.68. The molecule has 1 amide bonds. The zero-order valence-electron chi connectivity index (χ0n) is 11.7. The summed E-state index contributed by atoms with van der Waals surface area (Å²) in [6.45, 7) is 1.26. The highest BCUT2D eigenvalue weighted by Gasteiger charge is 2.18. The highest BCUT2D eigenvalue weighted by molar-refractivity contribution is 6.04. The third kappa shape index (κ3) is 3.38. The minimum atomic E-state index is -0.224. The largest absolute Gasteiger partial charge is 0.472 e. The van der Waals surface area contributed by atoms with E-state index in [-0.39, 0.29) is 12.0 Å². The summed E-state index contributed by atoms with van der Waals surface area (Å²) in [5, 5.41) is 6.77. The van der Waals surface area contributed by atoms with Gasteiger partial charge in [0.2, 0.25) is 5.88 Å². The number of aryl methyl sites for hydroxylation is 1. The lowest BCUT2D eigenvalue weighted by molar-refractivity contribution is 0.102. The van der Waals surface area contributed by atoms with Crippen molar-refractivity contribution in [1.29, 1.82) is 0 Å². The van der Waals surface area contributed by atoms with Gasteiger partial charge in [0.25, 0.3) is 5.91 Å². The fourth-order valence-electron chi connectivity index (χ4n) is 2.08. The summed E-state index contributed by atoms with van der Waals surface area (Å²) >= 11 is 0. The molecule has 110 valence electrons. The highest BCUT2D eigenvalue weighted by Crippen LogP contribution is 2.16. The Morgan fingerprint density at radius 1 is 1.57 bits per heavy atom. The molecule has 1 saturated heterocycles. The zero-order chi connectivity index (χ0) is 14.7. The third-order valence-corrected chi connectivity index (χ3v) is 3.14. The van der Waals surface area contributed by atoms with Crippen LogP contribution in [0.2, 0.25) is 0 Å². The van der Waals surface area contributed by atoms with Gasteiger partial charge in [-0.15, -0.1) is 0 Å². The predicted octanol–water partition coefficient (Wildman–Crippen LogP) is 1.24. The van der Waals surface area contributed by atoms with Gasteiger partial charge in [0.05, 0.1) is 25.1 Å². The second-order valence-electron chi connectivity index (χ2n) is 4.84. The van der Waals surface area contributed by atoms with Crippen molar-refractivity contribution in [3.8, 4) is 5.88 Å². The molecule has 0 saturated carbocycles. The maximum atomic E-state index is 12.2. The fourth-order valence-corrected chi connectivity index (χ4v) is 2.08. The maximum absolute atomic E-state index is 12.2. The molecule has 2 aromatic rings. The molecule has 1 aliphatic rings. The summed E-state index contributed by atoms with van der Waals surface area (Å²) < 4.78 is 12.6. The van der Waals surface area contributed by atoms with Crippen LogP contribution in [-0.4, -0.2) is 40.0 Å². The number of hydrogen-bond acceptors (Lipinski definition) is 5. The van der Waals surface area contributed by atoms with Crippen molar-refractivity contribution in [2.24, 2.45) is 7.05 Å². The molecule has 21 heavy (non-hydrogen) atoms. The number of amides is 1. The van der Waals surface area contributed by atoms with E-state index >= 15 is 0 Å². The Morgan fingerprint density at radius 3 is 3.19 bits per heavy atom. The van der Waals surface area contributed by atoms with E-state index in [4.69, 9.17) is 9.47 Å². The lowest BCUT2D eigenvalue weighted by Gasteiger charge is -2.11. The van der Waals surface area contributed by atoms with Crippen molar-refractivity contribution in [2.45, 2.75) is 12.5 Å². The maximum Gasteiger partial charge on any atom is 0.256 e. The van der Waals surface area contributed by atoms with E-state index < -0.39 is 0 Å². The number of ether oxygens (including phenoxy) is 2. The highest BCUT2D eigenvalue weighted by atomic mass is 16.5. The molecule has 2 aromatic heterocycles. The molecule has 0 bridgehead atoms. The van der Waals surface area contributed by atoms with Gasteiger partial charge >= 0.3 is 0 Å². The molecule has 1 fully saturated rings. The number of rotatable bonds is 4. The van der Waals surface area contributed by atoms with Crippen LogP contribution in [-0.2, 0) is 11.8 Å². The summed E-state index contributed by atoms with van der Waals surface area (Å²) in [5.74, 6) is 0.210. The van der Waals surface area contributed by atoms with E-state index in [0.29, 0.717) is 30.3 Å². The Kier molecular flexibility index (Phi) is 3.83. The molecule has 1 aliphatic heterocycles. The molecule has 1 unspecified atom stereocenters. The van der Waals surface area contributed by atoms with Crippen LogP contribution in [0.15, 0.2) is 30.7 Å². The molecule has 3 rings (SSSR count). The lowest BCUT2D eigenvalue weighted by atomic mass is 10.2. The van der Waals surface area contributed by atoms with Crippen molar-refractivity contribution in [3.63, 3.8) is 0 Å². The van der Waals surface area contributed by atoms with Crippen LogP contribution in [0.4, 0.5) is 5.69 Å². The van der Waals surface area contributed by atoms with Gasteiger partial charge in [-0.1, -0.05) is 0 Å². The van der Waals surface area contributed by atoms with Crippen LogP contribution in [0.5, 0.6) is 5.88 Å². The van der Waals surface area contributed by atoms with Crippen LogP contribution in [0.25, 0.3) is 0 Å². The van der Waals surface area contributed by atoms with Gasteiger partial charge in [-0.2, -0.15) is 5.10 Å². The van der Waals surface area contributed by atoms with E-state index in [1.165, 1.54) is 0 Å². The quantitative estimate of drug-likeness (QED) is 0.915. The summed E-state index contributed by atoms with van der Waals surface area (Å²) in [6, 6.07) is 3.27. The Morgan fingerprint density at radius 2 is 2.48 bits per heavy atom. The van der Waals surface area contributed by atoms with Gasteiger partial charge in [0.15, 0.2) is 0 Å². The van der Waals surface area contributed by atoms with E-state index in [0.717, 1.165) is 6.42 Å². The van der Waals surface area contributed by atoms with Crippen molar-refractivity contribution in [3.05, 3.63) is 36.3 Å². The molecule has 7 heteroatoms. The number of nitrogens with one attached hydrogen (secondary N) is 1. The molecule has 3 heterocycles. The van der Waals surface area contributed by atoms with Crippen molar-refractivity contribution in [2.75, 3.05) is 18.5 Å². The average molecular weight is 288 g/mol. The van der Waals surface area contributed by atoms with Crippen LogP contribution in [0.3, 0.4) is 0 Å². The first-order valence-corrected chi connectivity index (χ1v) is 6.71. The third-order valence-electron chi connectivity index (χ3n) is 3.14. The predicted molar refractivity (Wildman–Crippen MR) is 75.3 cm³/mol. The SMILES string of the molecule is Cn1cc(NC(=O)c2ccnc(OC3CCOC3)c2)cn1. The topological polar surface area (TPSA) is 78.3 Å². The van der Waals surface area contributed by atoms with Gasteiger partial charge in [-0.3, -0.25) is 9.48 Å². The van der Waals surface area contributed by atoms with Crippen molar-refractivity contribution < 1.29 is 14.3 Å². The molecule has 0 aromatic carbocycles. The fraction of sp³-hybridized carbons (Fsp3) is 0.357. The summed E-state index contributed by atoms with van der Waals surface area (Å²) in [6.07, 6.45) is 5.73. The smallest absolute Gasteiger partial charge is 0.256 e. The summed E-state index contributed by atoms with van der Waals surface area (Å²) in [4.78, 5) is 16.3. The number of pyridine rings is 1. The van der Waals surface area contributed by atoms with E-state index in [2.05, 4.69) is 15.4 Å². The van der Waals surface area contributed by atoms with Gasteiger partial charge in [0.1, 0.15) is 6.10 Å². The van der Waals surface area contributed by atoms with Crippen LogP contribution >= 0.6 is 0 Å². The molecule has 7 nitrogen and oxygen atoms in total. The first kappa shape index (κ1) is 13.6. The van der Waals surface area contributed by atoms with E-state index in [1.54, 1.807) is 42.5 Å². The zero-order valence-corrected chi connectivity index (χ0v) is 11.7. The first-order chi connectivity index (χ1) is 10.2. The van der Waals surface area contributed by atoms with Crippen LogP contribution in [0, 0.1) is 0 Å². The van der Waals surface area contributed by atoms with E-state index in [9.17, 15) is 4.79 Å². The number of nitrogens with zero attached hydrogens (tertiary/aromatic N) is 3. The minimum absolute atomic E-state index is 0.00846. The van der Waals surface area contributed by atoms with Gasteiger partial charge in [-0.05, 0) is 6.07 Å². The standard InChI is InChI=1S/C14H16N4O3/c1-18-8-11(7-16-18)17-14(19)10-2-4-15-13(6-10)21-12-3-5-20-9-12/h2,4,6-8,12H,3,5,9H2,1H3,(H,17,19). The summed E-state index contributed by atoms with van der Waals surface area (Å²) in [7, 11) is 1.79. The Labute approximate surface area is 121 Å². The molecular weight excluding hydrogens is 272 g/mol. The van der Waals surface area contributed by atoms with E-state index in [1.807, 2.05) is 0 Å². The first-order valence-electron chi connectivity index (χ1n) is 6.71. The monoisotopic (exact) mass is 288 g/mol. The Bertz CT molecular complexity index is 635. The van der Waals surface area contributed by atoms with Crippen LogP contribution < -0.4 is 10.1 Å². The molecule has 0 spiro atoms. The van der Waals surface area contributed by atoms with Crippen molar-refractivity contribution in [1.82, 2.24) is 14.8 Å². The second-order valence-corrected chi connectivity index (χ2v) is 4.84. The number of aromatic nitrogens is 3. The molecule has 1 N–H and O–H groups in total. The number of carbonyl (C=O) groups is 1. The van der Waals surface area contributed by atoms with Gasteiger partial charge in [-0.25, -0.2) is 4.98 Å². The van der Waals surface area contributed by atoms with Gasteiger partial charge in [0, 0.05) is 37.5 Å².